The van der Waals surface area contributed by atoms with Crippen LogP contribution in [0.1, 0.15) is 26.3 Å². The molecule has 0 bridgehead atoms. The molecule has 0 saturated carbocycles. The van der Waals surface area contributed by atoms with E-state index in [4.69, 9.17) is 4.84 Å². The molecule has 2 N–H and O–H groups in total. The van der Waals surface area contributed by atoms with Gasteiger partial charge >= 0.3 is 0 Å². The second kappa shape index (κ2) is 4.37. The smallest absolute Gasteiger partial charge is 0.266 e. The van der Waals surface area contributed by atoms with Crippen LogP contribution < -0.4 is 10.8 Å². The van der Waals surface area contributed by atoms with Crippen LogP contribution in [0.15, 0.2) is 24.3 Å². The third-order valence-electron chi connectivity index (χ3n) is 2.55. The van der Waals surface area contributed by atoms with Gasteiger partial charge in [0.15, 0.2) is 0 Å². The molecule has 0 aliphatic carbocycles. The van der Waals surface area contributed by atoms with Crippen LogP contribution in [0.25, 0.3) is 0 Å². The van der Waals surface area contributed by atoms with Crippen LogP contribution >= 0.6 is 0 Å². The maximum atomic E-state index is 11.9. The number of anilines is 1. The summed E-state index contributed by atoms with van der Waals surface area (Å²) in [5.74, 6) is -0.129. The van der Waals surface area contributed by atoms with Gasteiger partial charge in [-0.2, -0.15) is 0 Å². The number of rotatable bonds is 2. The number of carbonyl (C=O) groups excluding carboxylic acids is 1. The second-order valence-electron chi connectivity index (χ2n) is 5.24. The molecular formula is C13H18N2O2. The maximum Gasteiger partial charge on any atom is 0.266 e. The molecule has 1 aromatic rings. The van der Waals surface area contributed by atoms with Gasteiger partial charge in [-0.05, 0) is 32.4 Å². The van der Waals surface area contributed by atoms with Crippen LogP contribution in [0.2, 0.25) is 0 Å². The fourth-order valence-electron chi connectivity index (χ4n) is 1.73. The number of para-hydroxylation sites is 1. The lowest BCUT2D eigenvalue weighted by Crippen LogP contribution is -2.42. The fraction of sp³-hybridized carbons (Fsp3) is 0.462. The Morgan fingerprint density at radius 1 is 1.41 bits per heavy atom. The molecule has 1 unspecified atom stereocenters. The van der Waals surface area contributed by atoms with Crippen LogP contribution in [0.3, 0.4) is 0 Å². The molecule has 0 spiro atoms. The standard InChI is InChI=1S/C13H18N2O2/c1-13(2,3)17-15-12(16)11-8-9-6-4-5-7-10(9)14-11/h4-7,11,14H,8H2,1-3H3,(H,15,16). The zero-order chi connectivity index (χ0) is 12.5. The van der Waals surface area contributed by atoms with E-state index in [-0.39, 0.29) is 17.6 Å². The van der Waals surface area contributed by atoms with Crippen molar-refractivity contribution in [3.05, 3.63) is 29.8 Å². The molecule has 4 nitrogen and oxygen atoms in total. The second-order valence-corrected chi connectivity index (χ2v) is 5.24. The summed E-state index contributed by atoms with van der Waals surface area (Å²) >= 11 is 0. The van der Waals surface area contributed by atoms with Crippen molar-refractivity contribution in [3.63, 3.8) is 0 Å². The van der Waals surface area contributed by atoms with Gasteiger partial charge < -0.3 is 5.32 Å². The van der Waals surface area contributed by atoms with Crippen molar-refractivity contribution in [1.82, 2.24) is 5.48 Å². The fourth-order valence-corrected chi connectivity index (χ4v) is 1.73. The van der Waals surface area contributed by atoms with Crippen molar-refractivity contribution in [1.29, 1.82) is 0 Å². The summed E-state index contributed by atoms with van der Waals surface area (Å²) in [6.45, 7) is 5.68. The van der Waals surface area contributed by atoms with E-state index < -0.39 is 0 Å². The Bertz CT molecular complexity index is 399. The molecule has 92 valence electrons. The zero-order valence-electron chi connectivity index (χ0n) is 10.4. The molecule has 0 radical (unpaired) electrons. The highest BCUT2D eigenvalue weighted by molar-refractivity contribution is 5.86. The van der Waals surface area contributed by atoms with Crippen molar-refractivity contribution < 1.29 is 9.63 Å². The molecule has 17 heavy (non-hydrogen) atoms. The predicted octanol–water partition coefficient (Wildman–Crippen LogP) is 1.87. The Hall–Kier alpha value is -1.55. The Labute approximate surface area is 101 Å². The SMILES string of the molecule is CC(C)(C)ONC(=O)C1Cc2ccccc2N1. The molecule has 0 saturated heterocycles. The average Bonchev–Trinajstić information content (AvgIpc) is 2.68. The number of hydrogen-bond donors (Lipinski definition) is 2. The first kappa shape index (κ1) is 11.9. The summed E-state index contributed by atoms with van der Waals surface area (Å²) in [7, 11) is 0. The highest BCUT2D eigenvalue weighted by Crippen LogP contribution is 2.25. The number of hydrogen-bond acceptors (Lipinski definition) is 3. The van der Waals surface area contributed by atoms with E-state index in [1.54, 1.807) is 0 Å². The number of amides is 1. The first-order chi connectivity index (χ1) is 7.96. The molecule has 1 amide bonds. The molecule has 1 aliphatic heterocycles. The van der Waals surface area contributed by atoms with E-state index >= 15 is 0 Å². The van der Waals surface area contributed by atoms with Crippen LogP contribution in [0.4, 0.5) is 5.69 Å². The third-order valence-corrected chi connectivity index (χ3v) is 2.55. The van der Waals surface area contributed by atoms with Crippen molar-refractivity contribution in [2.24, 2.45) is 0 Å². The number of benzene rings is 1. The number of carbonyl (C=O) groups is 1. The lowest BCUT2D eigenvalue weighted by Gasteiger charge is -2.20. The van der Waals surface area contributed by atoms with Crippen molar-refractivity contribution in [3.8, 4) is 0 Å². The highest BCUT2D eigenvalue weighted by Gasteiger charge is 2.27. The Kier molecular flexibility index (Phi) is 3.07. The lowest BCUT2D eigenvalue weighted by atomic mass is 10.1. The van der Waals surface area contributed by atoms with Gasteiger partial charge in [0.2, 0.25) is 0 Å². The van der Waals surface area contributed by atoms with Gasteiger partial charge in [0.25, 0.3) is 5.91 Å². The van der Waals surface area contributed by atoms with Crippen LogP contribution in [-0.4, -0.2) is 17.6 Å². The van der Waals surface area contributed by atoms with Gasteiger partial charge in [-0.15, -0.1) is 0 Å². The van der Waals surface area contributed by atoms with E-state index in [1.807, 2.05) is 45.0 Å². The molecule has 0 aromatic heterocycles. The summed E-state index contributed by atoms with van der Waals surface area (Å²) in [5.41, 5.74) is 4.32. The number of hydroxylamine groups is 1. The van der Waals surface area contributed by atoms with Crippen molar-refractivity contribution in [2.75, 3.05) is 5.32 Å². The van der Waals surface area contributed by atoms with Crippen molar-refractivity contribution >= 4 is 11.6 Å². The summed E-state index contributed by atoms with van der Waals surface area (Å²) in [6, 6.07) is 7.70. The molecule has 2 rings (SSSR count). The minimum Gasteiger partial charge on any atom is -0.373 e. The van der Waals surface area contributed by atoms with Gasteiger partial charge in [0, 0.05) is 12.1 Å². The Morgan fingerprint density at radius 3 is 2.76 bits per heavy atom. The summed E-state index contributed by atoms with van der Waals surface area (Å²) in [4.78, 5) is 17.1. The molecule has 1 aliphatic rings. The molecule has 1 aromatic carbocycles. The molecular weight excluding hydrogens is 216 g/mol. The van der Waals surface area contributed by atoms with Gasteiger partial charge in [-0.1, -0.05) is 18.2 Å². The molecule has 1 heterocycles. The van der Waals surface area contributed by atoms with E-state index in [0.29, 0.717) is 6.42 Å². The van der Waals surface area contributed by atoms with E-state index in [2.05, 4.69) is 10.8 Å². The quantitative estimate of drug-likeness (QED) is 0.768. The monoisotopic (exact) mass is 234 g/mol. The molecule has 4 heteroatoms. The van der Waals surface area contributed by atoms with Crippen LogP contribution in [0, 0.1) is 0 Å². The minimum atomic E-state index is -0.374. The average molecular weight is 234 g/mol. The summed E-state index contributed by atoms with van der Waals surface area (Å²) < 4.78 is 0. The first-order valence-corrected chi connectivity index (χ1v) is 5.78. The van der Waals surface area contributed by atoms with Gasteiger partial charge in [0.1, 0.15) is 6.04 Å². The Balaban J connectivity index is 1.92. The molecule has 1 atom stereocenters. The predicted molar refractivity (Wildman–Crippen MR) is 66.5 cm³/mol. The third kappa shape index (κ3) is 2.97. The van der Waals surface area contributed by atoms with Gasteiger partial charge in [-0.25, -0.2) is 5.48 Å². The number of fused-ring (bicyclic) bond motifs is 1. The minimum absolute atomic E-state index is 0.129. The van der Waals surface area contributed by atoms with Crippen LogP contribution in [-0.2, 0) is 16.1 Å². The van der Waals surface area contributed by atoms with Gasteiger partial charge in [-0.3, -0.25) is 9.63 Å². The van der Waals surface area contributed by atoms with E-state index in [0.717, 1.165) is 5.69 Å². The van der Waals surface area contributed by atoms with E-state index in [1.165, 1.54) is 5.56 Å². The lowest BCUT2D eigenvalue weighted by molar-refractivity contribution is -0.146. The topological polar surface area (TPSA) is 50.4 Å². The number of nitrogens with one attached hydrogen (secondary N) is 2. The van der Waals surface area contributed by atoms with Crippen molar-refractivity contribution in [2.45, 2.75) is 38.8 Å². The normalized spacial score (nSPS) is 18.4. The van der Waals surface area contributed by atoms with Crippen LogP contribution in [0.5, 0.6) is 0 Å². The summed E-state index contributed by atoms with van der Waals surface area (Å²) in [6.07, 6.45) is 0.704. The largest absolute Gasteiger partial charge is 0.373 e. The molecule has 0 fully saturated rings. The summed E-state index contributed by atoms with van der Waals surface area (Å²) in [5, 5.41) is 3.18. The first-order valence-electron chi connectivity index (χ1n) is 5.78. The maximum absolute atomic E-state index is 11.9. The Morgan fingerprint density at radius 2 is 2.12 bits per heavy atom. The van der Waals surface area contributed by atoms with Gasteiger partial charge in [0.05, 0.1) is 5.60 Å². The zero-order valence-corrected chi connectivity index (χ0v) is 10.4. The van der Waals surface area contributed by atoms with E-state index in [9.17, 15) is 4.79 Å². The highest BCUT2D eigenvalue weighted by atomic mass is 16.7.